The van der Waals surface area contributed by atoms with Crippen LogP contribution in [0.5, 0.6) is 5.75 Å². The van der Waals surface area contributed by atoms with Crippen molar-refractivity contribution in [3.05, 3.63) is 23.2 Å². The molecule has 1 aliphatic heterocycles. The molecule has 0 aliphatic carbocycles. The third-order valence-corrected chi connectivity index (χ3v) is 5.26. The summed E-state index contributed by atoms with van der Waals surface area (Å²) in [5.74, 6) is -1.88. The number of carbonyl (C=O) groups excluding carboxylic acids is 3. The fraction of sp³-hybridized carbons (Fsp3) is 0.500. The normalized spacial score (nSPS) is 18.2. The van der Waals surface area contributed by atoms with Crippen LogP contribution in [0.15, 0.2) is 18.2 Å². The van der Waals surface area contributed by atoms with Gasteiger partial charge in [-0.05, 0) is 31.0 Å². The molecule has 1 heterocycles. The second kappa shape index (κ2) is 9.14. The van der Waals surface area contributed by atoms with Gasteiger partial charge in [0.15, 0.2) is 6.61 Å². The Morgan fingerprint density at radius 1 is 1.45 bits per heavy atom. The average molecular weight is 422 g/mol. The molecule has 0 aromatic heterocycles. The molecule has 0 saturated carbocycles. The van der Waals surface area contributed by atoms with Crippen LogP contribution in [0, 0.1) is 23.2 Å². The van der Waals surface area contributed by atoms with E-state index < -0.39 is 29.9 Å². The molecule has 0 unspecified atom stereocenters. The molecule has 2 rings (SSSR count). The number of rotatable bonds is 7. The maximum Gasteiger partial charge on any atom is 0.311 e. The molecule has 0 spiro atoms. The van der Waals surface area contributed by atoms with Crippen LogP contribution >= 0.6 is 11.6 Å². The van der Waals surface area contributed by atoms with Gasteiger partial charge in [0.1, 0.15) is 11.3 Å². The van der Waals surface area contributed by atoms with Gasteiger partial charge in [0.2, 0.25) is 5.91 Å². The number of benzene rings is 1. The molecule has 9 heteroatoms. The van der Waals surface area contributed by atoms with E-state index in [-0.39, 0.29) is 24.8 Å². The number of carbonyl (C=O) groups is 3. The van der Waals surface area contributed by atoms with Crippen LogP contribution in [0.3, 0.4) is 0 Å². The van der Waals surface area contributed by atoms with Crippen LogP contribution in [0.4, 0.5) is 5.69 Å². The zero-order valence-corrected chi connectivity index (χ0v) is 17.6. The van der Waals surface area contributed by atoms with Crippen LogP contribution in [-0.2, 0) is 19.1 Å². The van der Waals surface area contributed by atoms with Gasteiger partial charge >= 0.3 is 5.97 Å². The van der Waals surface area contributed by atoms with E-state index in [0.717, 1.165) is 0 Å². The van der Waals surface area contributed by atoms with Gasteiger partial charge in [-0.3, -0.25) is 14.4 Å². The number of nitrogens with one attached hydrogen (secondary N) is 1. The zero-order valence-electron chi connectivity index (χ0n) is 16.8. The van der Waals surface area contributed by atoms with Crippen molar-refractivity contribution < 1.29 is 23.9 Å². The number of amides is 2. The van der Waals surface area contributed by atoms with E-state index in [9.17, 15) is 19.6 Å². The minimum absolute atomic E-state index is 0.0436. The van der Waals surface area contributed by atoms with Crippen molar-refractivity contribution in [1.82, 2.24) is 5.32 Å². The molecule has 2 amide bonds. The van der Waals surface area contributed by atoms with Crippen molar-refractivity contribution in [2.45, 2.75) is 32.7 Å². The number of halogens is 1. The summed E-state index contributed by atoms with van der Waals surface area (Å²) in [6.07, 6.45) is -0.0436. The summed E-state index contributed by atoms with van der Waals surface area (Å²) in [4.78, 5) is 38.3. The summed E-state index contributed by atoms with van der Waals surface area (Å²) in [7, 11) is 1.48. The fourth-order valence-corrected chi connectivity index (χ4v) is 3.02. The Balaban J connectivity index is 1.99. The predicted octanol–water partition coefficient (Wildman–Crippen LogP) is 2.30. The van der Waals surface area contributed by atoms with E-state index in [2.05, 4.69) is 11.4 Å². The molecule has 29 heavy (non-hydrogen) atoms. The molecule has 1 N–H and O–H groups in total. The second-order valence-corrected chi connectivity index (χ2v) is 7.78. The van der Waals surface area contributed by atoms with Crippen molar-refractivity contribution >= 4 is 35.1 Å². The first kappa shape index (κ1) is 22.5. The lowest BCUT2D eigenvalue weighted by Crippen LogP contribution is -2.50. The van der Waals surface area contributed by atoms with Gasteiger partial charge in [0.05, 0.1) is 24.8 Å². The number of esters is 1. The maximum atomic E-state index is 12.4. The van der Waals surface area contributed by atoms with Gasteiger partial charge in [0, 0.05) is 18.0 Å². The van der Waals surface area contributed by atoms with E-state index in [1.807, 2.05) is 0 Å². The second-order valence-electron chi connectivity index (χ2n) is 7.35. The van der Waals surface area contributed by atoms with Crippen molar-refractivity contribution in [3.8, 4) is 11.8 Å². The molecule has 1 aromatic carbocycles. The van der Waals surface area contributed by atoms with Gasteiger partial charge in [0.25, 0.3) is 5.91 Å². The topological polar surface area (TPSA) is 109 Å². The van der Waals surface area contributed by atoms with E-state index in [1.54, 1.807) is 39.0 Å². The number of anilines is 1. The van der Waals surface area contributed by atoms with Gasteiger partial charge in [-0.25, -0.2) is 0 Å². The molecular formula is C20H24ClN3O5. The third-order valence-electron chi connectivity index (χ3n) is 5.02. The van der Waals surface area contributed by atoms with Crippen molar-refractivity contribution in [2.24, 2.45) is 11.8 Å². The maximum absolute atomic E-state index is 12.4. The Labute approximate surface area is 174 Å². The summed E-state index contributed by atoms with van der Waals surface area (Å²) in [5.41, 5.74) is -0.591. The molecule has 2 atom stereocenters. The molecule has 8 nitrogen and oxygen atoms in total. The zero-order chi connectivity index (χ0) is 21.8. The first-order chi connectivity index (χ1) is 13.6. The minimum Gasteiger partial charge on any atom is -0.495 e. The summed E-state index contributed by atoms with van der Waals surface area (Å²) in [6.45, 7) is 4.78. The quantitative estimate of drug-likeness (QED) is 0.676. The lowest BCUT2D eigenvalue weighted by Gasteiger charge is -2.27. The highest BCUT2D eigenvalue weighted by molar-refractivity contribution is 6.31. The van der Waals surface area contributed by atoms with Gasteiger partial charge in [-0.1, -0.05) is 25.4 Å². The monoisotopic (exact) mass is 421 g/mol. The molecule has 1 fully saturated rings. The third kappa shape index (κ3) is 5.18. The Bertz CT molecular complexity index is 851. The van der Waals surface area contributed by atoms with Crippen LogP contribution < -0.4 is 15.0 Å². The van der Waals surface area contributed by atoms with E-state index in [1.165, 1.54) is 12.0 Å². The molecule has 156 valence electrons. The molecule has 1 aromatic rings. The standard InChI is InChI=1S/C20H24ClN3O5/c1-12(2)20(3,11-22)23-17(25)10-29-19(27)13-7-18(26)24(9-13)15-8-14(21)5-6-16(15)28-4/h5-6,8,12-13H,7,9-10H2,1-4H3,(H,23,25)/t13-,20+/m0/s1. The molecule has 1 saturated heterocycles. The molecule has 1 aliphatic rings. The van der Waals surface area contributed by atoms with Crippen molar-refractivity contribution in [1.29, 1.82) is 5.26 Å². The number of hydrogen-bond acceptors (Lipinski definition) is 6. The van der Waals surface area contributed by atoms with Gasteiger partial charge in [-0.2, -0.15) is 5.26 Å². The smallest absolute Gasteiger partial charge is 0.311 e. The summed E-state index contributed by atoms with van der Waals surface area (Å²) < 4.78 is 10.3. The van der Waals surface area contributed by atoms with Gasteiger partial charge in [-0.15, -0.1) is 0 Å². The minimum atomic E-state index is -1.06. The highest BCUT2D eigenvalue weighted by Gasteiger charge is 2.38. The lowest BCUT2D eigenvalue weighted by molar-refractivity contribution is -0.152. The first-order valence-electron chi connectivity index (χ1n) is 9.14. The Hall–Kier alpha value is -2.79. The fourth-order valence-electron chi connectivity index (χ4n) is 2.85. The van der Waals surface area contributed by atoms with Gasteiger partial charge < -0.3 is 19.7 Å². The van der Waals surface area contributed by atoms with E-state index in [4.69, 9.17) is 21.1 Å². The summed E-state index contributed by atoms with van der Waals surface area (Å²) in [6, 6.07) is 6.92. The van der Waals surface area contributed by atoms with Crippen molar-refractivity contribution in [3.63, 3.8) is 0 Å². The largest absolute Gasteiger partial charge is 0.495 e. The van der Waals surface area contributed by atoms with Crippen LogP contribution in [0.25, 0.3) is 0 Å². The number of nitrogens with zero attached hydrogens (tertiary/aromatic N) is 2. The Morgan fingerprint density at radius 2 is 2.14 bits per heavy atom. The van der Waals surface area contributed by atoms with Crippen LogP contribution in [0.1, 0.15) is 27.2 Å². The Morgan fingerprint density at radius 3 is 2.72 bits per heavy atom. The summed E-state index contributed by atoms with van der Waals surface area (Å²) in [5, 5.41) is 12.2. The van der Waals surface area contributed by atoms with Crippen molar-refractivity contribution in [2.75, 3.05) is 25.2 Å². The molecular weight excluding hydrogens is 398 g/mol. The predicted molar refractivity (Wildman–Crippen MR) is 106 cm³/mol. The van der Waals surface area contributed by atoms with E-state index in [0.29, 0.717) is 16.5 Å². The lowest BCUT2D eigenvalue weighted by atomic mass is 9.90. The summed E-state index contributed by atoms with van der Waals surface area (Å²) >= 11 is 6.02. The number of hydrogen-bond donors (Lipinski definition) is 1. The molecule has 0 bridgehead atoms. The van der Waals surface area contributed by atoms with E-state index >= 15 is 0 Å². The Kier molecular flexibility index (Phi) is 7.09. The molecule has 0 radical (unpaired) electrons. The number of nitriles is 1. The number of methoxy groups -OCH3 is 1. The van der Waals surface area contributed by atoms with Crippen LogP contribution in [0.2, 0.25) is 5.02 Å². The first-order valence-corrected chi connectivity index (χ1v) is 9.52. The number of ether oxygens (including phenoxy) is 2. The average Bonchev–Trinajstić information content (AvgIpc) is 3.07. The highest BCUT2D eigenvalue weighted by Crippen LogP contribution is 2.35. The highest BCUT2D eigenvalue weighted by atomic mass is 35.5. The SMILES string of the molecule is COc1ccc(Cl)cc1N1C[C@@H](C(=O)OCC(=O)N[C@](C)(C#N)C(C)C)CC1=O. The van der Waals surface area contributed by atoms with Crippen LogP contribution in [-0.4, -0.2) is 43.6 Å².